The van der Waals surface area contributed by atoms with Crippen LogP contribution in [0, 0.1) is 11.3 Å². The van der Waals surface area contributed by atoms with Crippen molar-refractivity contribution in [2.45, 2.75) is 13.0 Å². The van der Waals surface area contributed by atoms with Crippen LogP contribution in [0.2, 0.25) is 0 Å². The molecule has 2 aromatic rings. The third kappa shape index (κ3) is 3.33. The molecule has 20 heavy (non-hydrogen) atoms. The standard InChI is InChI=1S/C15H12N3O2/c16-7-6-14(19)13-10-18(9-8-17-13)11-15(20)12-4-2-1-3-5-12/h1-5,8-10H,6,11H2/q+1. The van der Waals surface area contributed by atoms with Gasteiger partial charge in [-0.15, -0.1) is 0 Å². The van der Waals surface area contributed by atoms with Gasteiger partial charge in [0, 0.05) is 5.56 Å². The number of nitrogens with zero attached hydrogens (tertiary/aromatic N) is 3. The van der Waals surface area contributed by atoms with Crippen molar-refractivity contribution in [1.29, 1.82) is 5.26 Å². The van der Waals surface area contributed by atoms with Gasteiger partial charge in [0.2, 0.25) is 18.1 Å². The predicted molar refractivity (Wildman–Crippen MR) is 69.8 cm³/mol. The lowest BCUT2D eigenvalue weighted by atomic mass is 10.1. The fourth-order valence-corrected chi connectivity index (χ4v) is 1.72. The minimum Gasteiger partial charge on any atom is -0.291 e. The molecular formula is C15H12N3O2+. The van der Waals surface area contributed by atoms with Crippen LogP contribution in [0.1, 0.15) is 27.3 Å². The van der Waals surface area contributed by atoms with Crippen LogP contribution >= 0.6 is 0 Å². The molecule has 1 heterocycles. The van der Waals surface area contributed by atoms with Crippen molar-refractivity contribution in [3.8, 4) is 6.07 Å². The van der Waals surface area contributed by atoms with Gasteiger partial charge in [-0.25, -0.2) is 4.98 Å². The van der Waals surface area contributed by atoms with Crippen LogP contribution in [0.4, 0.5) is 0 Å². The maximum absolute atomic E-state index is 12.0. The number of aromatic nitrogens is 2. The summed E-state index contributed by atoms with van der Waals surface area (Å²) in [5.41, 5.74) is 0.802. The molecule has 0 aliphatic rings. The summed E-state index contributed by atoms with van der Waals surface area (Å²) < 4.78 is 1.59. The number of ketones is 2. The van der Waals surface area contributed by atoms with E-state index in [2.05, 4.69) is 4.98 Å². The molecule has 0 unspecified atom stereocenters. The SMILES string of the molecule is N#CCC(=O)c1c[n+](CC(=O)c2ccccc2)ccn1. The van der Waals surface area contributed by atoms with E-state index in [-0.39, 0.29) is 30.2 Å². The van der Waals surface area contributed by atoms with E-state index in [1.807, 2.05) is 6.07 Å². The zero-order valence-corrected chi connectivity index (χ0v) is 10.7. The van der Waals surface area contributed by atoms with Gasteiger partial charge in [-0.1, -0.05) is 30.3 Å². The topological polar surface area (TPSA) is 74.7 Å². The summed E-state index contributed by atoms with van der Waals surface area (Å²) in [6.07, 6.45) is 4.33. The fraction of sp³-hybridized carbons (Fsp3) is 0.133. The van der Waals surface area contributed by atoms with Gasteiger partial charge >= 0.3 is 0 Å². The number of benzene rings is 1. The Kier molecular flexibility index (Phi) is 4.30. The molecule has 0 radical (unpaired) electrons. The predicted octanol–water partition coefficient (Wildman–Crippen LogP) is 1.35. The largest absolute Gasteiger partial charge is 0.291 e. The van der Waals surface area contributed by atoms with Gasteiger partial charge in [0.15, 0.2) is 18.1 Å². The van der Waals surface area contributed by atoms with E-state index in [0.29, 0.717) is 5.56 Å². The highest BCUT2D eigenvalue weighted by Crippen LogP contribution is 2.00. The van der Waals surface area contributed by atoms with Crippen LogP contribution in [-0.4, -0.2) is 16.6 Å². The molecule has 0 spiro atoms. The van der Waals surface area contributed by atoms with Crippen molar-refractivity contribution in [3.63, 3.8) is 0 Å². The first-order valence-corrected chi connectivity index (χ1v) is 6.04. The summed E-state index contributed by atoms with van der Waals surface area (Å²) in [6.45, 7) is 0.124. The van der Waals surface area contributed by atoms with Gasteiger partial charge in [-0.2, -0.15) is 9.83 Å². The zero-order valence-electron chi connectivity index (χ0n) is 10.7. The Morgan fingerprint density at radius 1 is 1.20 bits per heavy atom. The Morgan fingerprint density at radius 3 is 2.65 bits per heavy atom. The molecule has 0 aliphatic carbocycles. The minimum atomic E-state index is -0.353. The van der Waals surface area contributed by atoms with Gasteiger partial charge in [0.25, 0.3) is 0 Å². The Balaban J connectivity index is 2.15. The average molecular weight is 266 g/mol. The maximum atomic E-state index is 12.0. The maximum Gasteiger partial charge on any atom is 0.227 e. The summed E-state index contributed by atoms with van der Waals surface area (Å²) in [5.74, 6) is -0.408. The first-order valence-electron chi connectivity index (χ1n) is 6.04. The first kappa shape index (κ1) is 13.6. The number of hydrogen-bond acceptors (Lipinski definition) is 4. The summed E-state index contributed by atoms with van der Waals surface area (Å²) in [6, 6.07) is 10.7. The number of carbonyl (C=O) groups excluding carboxylic acids is 2. The third-order valence-electron chi connectivity index (χ3n) is 2.71. The Labute approximate surface area is 116 Å². The zero-order chi connectivity index (χ0) is 14.4. The second-order valence-electron chi connectivity index (χ2n) is 4.16. The van der Waals surface area contributed by atoms with Gasteiger partial charge in [0.05, 0.1) is 12.3 Å². The van der Waals surface area contributed by atoms with Crippen LogP contribution in [0.3, 0.4) is 0 Å². The number of Topliss-reactive ketones (excluding diaryl/α,β-unsaturated/α-hetero) is 2. The molecule has 1 aromatic carbocycles. The van der Waals surface area contributed by atoms with E-state index in [1.165, 1.54) is 12.4 Å². The fourth-order valence-electron chi connectivity index (χ4n) is 1.72. The molecule has 0 atom stereocenters. The van der Waals surface area contributed by atoms with E-state index in [4.69, 9.17) is 5.26 Å². The van der Waals surface area contributed by atoms with E-state index in [9.17, 15) is 9.59 Å². The van der Waals surface area contributed by atoms with Crippen molar-refractivity contribution in [2.75, 3.05) is 0 Å². The average Bonchev–Trinajstić information content (AvgIpc) is 2.48. The number of carbonyl (C=O) groups is 2. The molecule has 5 nitrogen and oxygen atoms in total. The molecule has 0 fully saturated rings. The van der Waals surface area contributed by atoms with Crippen LogP contribution in [-0.2, 0) is 6.54 Å². The summed E-state index contributed by atoms with van der Waals surface area (Å²) in [7, 11) is 0. The summed E-state index contributed by atoms with van der Waals surface area (Å²) >= 11 is 0. The third-order valence-corrected chi connectivity index (χ3v) is 2.71. The van der Waals surface area contributed by atoms with Crippen LogP contribution in [0.15, 0.2) is 48.9 Å². The molecule has 0 bridgehead atoms. The number of nitriles is 1. The molecule has 5 heteroatoms. The van der Waals surface area contributed by atoms with Crippen molar-refractivity contribution in [2.24, 2.45) is 0 Å². The van der Waals surface area contributed by atoms with Gasteiger partial charge in [-0.3, -0.25) is 9.59 Å². The van der Waals surface area contributed by atoms with Gasteiger partial charge in [-0.05, 0) is 0 Å². The summed E-state index contributed by atoms with van der Waals surface area (Å²) in [5, 5.41) is 8.50. The van der Waals surface area contributed by atoms with E-state index in [0.717, 1.165) is 0 Å². The van der Waals surface area contributed by atoms with Crippen molar-refractivity contribution >= 4 is 11.6 Å². The Morgan fingerprint density at radius 2 is 1.95 bits per heavy atom. The van der Waals surface area contributed by atoms with Crippen LogP contribution in [0.25, 0.3) is 0 Å². The molecule has 0 aliphatic heterocycles. The Bertz CT molecular complexity index is 675. The van der Waals surface area contributed by atoms with Crippen molar-refractivity contribution in [1.82, 2.24) is 4.98 Å². The van der Waals surface area contributed by atoms with E-state index in [1.54, 1.807) is 41.1 Å². The van der Waals surface area contributed by atoms with Crippen LogP contribution < -0.4 is 4.57 Å². The summed E-state index contributed by atoms with van der Waals surface area (Å²) in [4.78, 5) is 27.5. The lowest BCUT2D eigenvalue weighted by Gasteiger charge is -1.99. The lowest BCUT2D eigenvalue weighted by Crippen LogP contribution is -2.38. The first-order chi connectivity index (χ1) is 9.70. The quantitative estimate of drug-likeness (QED) is 0.604. The monoisotopic (exact) mass is 266 g/mol. The van der Waals surface area contributed by atoms with Crippen molar-refractivity contribution in [3.05, 3.63) is 60.2 Å². The molecule has 1 aromatic heterocycles. The van der Waals surface area contributed by atoms with E-state index < -0.39 is 0 Å². The number of hydrogen-bond donors (Lipinski definition) is 0. The highest BCUT2D eigenvalue weighted by molar-refractivity contribution is 5.95. The highest BCUT2D eigenvalue weighted by Gasteiger charge is 2.15. The second-order valence-corrected chi connectivity index (χ2v) is 4.16. The molecule has 0 saturated heterocycles. The molecule has 98 valence electrons. The minimum absolute atomic E-state index is 0.0551. The molecule has 0 N–H and O–H groups in total. The molecule has 0 amide bonds. The molecule has 0 saturated carbocycles. The smallest absolute Gasteiger partial charge is 0.227 e. The molecule has 2 rings (SSSR count). The van der Waals surface area contributed by atoms with Crippen molar-refractivity contribution < 1.29 is 14.2 Å². The number of rotatable bonds is 5. The van der Waals surface area contributed by atoms with Gasteiger partial charge < -0.3 is 0 Å². The molecular weight excluding hydrogens is 254 g/mol. The van der Waals surface area contributed by atoms with Crippen LogP contribution in [0.5, 0.6) is 0 Å². The van der Waals surface area contributed by atoms with Gasteiger partial charge in [0.1, 0.15) is 6.42 Å². The Hall–Kier alpha value is -2.87. The lowest BCUT2D eigenvalue weighted by molar-refractivity contribution is -0.683. The highest BCUT2D eigenvalue weighted by atomic mass is 16.1. The van der Waals surface area contributed by atoms with E-state index >= 15 is 0 Å². The normalized spacial score (nSPS) is 9.75. The second kappa shape index (κ2) is 6.34.